The minimum atomic E-state index is -0.0554. The Morgan fingerprint density at radius 2 is 2.50 bits per heavy atom. The molecule has 68 valence electrons. The van der Waals surface area contributed by atoms with Crippen LogP contribution in [0.15, 0.2) is 12.2 Å². The fraction of sp³-hybridized carbons (Fsp3) is 0.700. The van der Waals surface area contributed by atoms with Gasteiger partial charge in [-0.2, -0.15) is 0 Å². The monoisotopic (exact) mass is 168 g/mol. The van der Waals surface area contributed by atoms with Crippen molar-refractivity contribution in [1.82, 2.24) is 0 Å². The number of hydrogen-bond acceptors (Lipinski definition) is 2. The van der Waals surface area contributed by atoms with Crippen LogP contribution in [-0.4, -0.2) is 12.1 Å². The molecule has 0 N–H and O–H groups in total. The summed E-state index contributed by atoms with van der Waals surface area (Å²) in [7, 11) is 0. The average molecular weight is 168 g/mol. The van der Waals surface area contributed by atoms with E-state index in [1.54, 1.807) is 0 Å². The second-order valence-corrected chi connectivity index (χ2v) is 3.14. The number of cyclic esters (lactones) is 1. The maximum Gasteiger partial charge on any atom is 0.306 e. The molecule has 1 heterocycles. The van der Waals surface area contributed by atoms with E-state index in [9.17, 15) is 4.79 Å². The standard InChI is InChI=1S/C10H16O2/c1-2-3-4-5-6-9-7-8-10(11)12-9/h5-6,9H,2-4,7-8H2,1H3. The van der Waals surface area contributed by atoms with E-state index in [4.69, 9.17) is 4.74 Å². The molecule has 0 amide bonds. The van der Waals surface area contributed by atoms with Gasteiger partial charge in [0.25, 0.3) is 0 Å². The van der Waals surface area contributed by atoms with Gasteiger partial charge >= 0.3 is 5.97 Å². The van der Waals surface area contributed by atoms with Crippen LogP contribution >= 0.6 is 0 Å². The summed E-state index contributed by atoms with van der Waals surface area (Å²) >= 11 is 0. The predicted molar refractivity (Wildman–Crippen MR) is 47.8 cm³/mol. The molecule has 12 heavy (non-hydrogen) atoms. The number of ether oxygens (including phenoxy) is 1. The van der Waals surface area contributed by atoms with Crippen LogP contribution in [0.3, 0.4) is 0 Å². The first kappa shape index (κ1) is 9.30. The largest absolute Gasteiger partial charge is 0.458 e. The number of rotatable bonds is 4. The van der Waals surface area contributed by atoms with Crippen LogP contribution in [0.4, 0.5) is 0 Å². The van der Waals surface area contributed by atoms with Gasteiger partial charge in [-0.1, -0.05) is 25.8 Å². The smallest absolute Gasteiger partial charge is 0.306 e. The van der Waals surface area contributed by atoms with Crippen molar-refractivity contribution in [3.8, 4) is 0 Å². The Balaban J connectivity index is 2.14. The third kappa shape index (κ3) is 3.07. The summed E-state index contributed by atoms with van der Waals surface area (Å²) < 4.78 is 5.02. The molecule has 0 spiro atoms. The highest BCUT2D eigenvalue weighted by molar-refractivity contribution is 5.71. The van der Waals surface area contributed by atoms with E-state index < -0.39 is 0 Å². The van der Waals surface area contributed by atoms with Gasteiger partial charge in [0.2, 0.25) is 0 Å². The lowest BCUT2D eigenvalue weighted by atomic mass is 10.2. The molecule has 0 aromatic heterocycles. The molecule has 0 aliphatic carbocycles. The summed E-state index contributed by atoms with van der Waals surface area (Å²) in [6, 6.07) is 0. The molecule has 1 saturated heterocycles. The lowest BCUT2D eigenvalue weighted by molar-refractivity contribution is -0.139. The fourth-order valence-corrected chi connectivity index (χ4v) is 1.25. The van der Waals surface area contributed by atoms with Gasteiger partial charge in [-0.3, -0.25) is 4.79 Å². The molecule has 1 rings (SSSR count). The van der Waals surface area contributed by atoms with Gasteiger partial charge in [-0.05, 0) is 18.9 Å². The number of allylic oxidation sites excluding steroid dienone is 1. The van der Waals surface area contributed by atoms with E-state index in [1.165, 1.54) is 12.8 Å². The zero-order valence-electron chi connectivity index (χ0n) is 7.58. The third-order valence-corrected chi connectivity index (χ3v) is 1.99. The normalized spacial score (nSPS) is 23.4. The zero-order valence-corrected chi connectivity index (χ0v) is 7.58. The van der Waals surface area contributed by atoms with Crippen LogP contribution in [0, 0.1) is 0 Å². The molecule has 0 bridgehead atoms. The first-order chi connectivity index (χ1) is 5.83. The molecular weight excluding hydrogens is 152 g/mol. The number of carbonyl (C=O) groups is 1. The summed E-state index contributed by atoms with van der Waals surface area (Å²) in [6.45, 7) is 2.17. The minimum absolute atomic E-state index is 0.0554. The van der Waals surface area contributed by atoms with Crippen LogP contribution < -0.4 is 0 Å². The van der Waals surface area contributed by atoms with E-state index in [1.807, 2.05) is 6.08 Å². The third-order valence-electron chi connectivity index (χ3n) is 1.99. The van der Waals surface area contributed by atoms with Crippen molar-refractivity contribution in [2.75, 3.05) is 0 Å². The molecule has 2 nitrogen and oxygen atoms in total. The highest BCUT2D eigenvalue weighted by Gasteiger charge is 2.19. The van der Waals surface area contributed by atoms with Crippen LogP contribution in [0.2, 0.25) is 0 Å². The SMILES string of the molecule is CCCCC=CC1CCC(=O)O1. The highest BCUT2D eigenvalue weighted by Crippen LogP contribution is 2.14. The van der Waals surface area contributed by atoms with Gasteiger partial charge in [0.05, 0.1) is 0 Å². The maximum absolute atomic E-state index is 10.7. The summed E-state index contributed by atoms with van der Waals surface area (Å²) in [5.41, 5.74) is 0. The second-order valence-electron chi connectivity index (χ2n) is 3.14. The fourth-order valence-electron chi connectivity index (χ4n) is 1.25. The summed E-state index contributed by atoms with van der Waals surface area (Å²) in [5.74, 6) is -0.0554. The Morgan fingerprint density at radius 3 is 3.08 bits per heavy atom. The molecule has 1 atom stereocenters. The molecule has 0 aromatic rings. The van der Waals surface area contributed by atoms with Gasteiger partial charge in [-0.25, -0.2) is 0 Å². The molecule has 2 heteroatoms. The quantitative estimate of drug-likeness (QED) is 0.366. The Kier molecular flexibility index (Phi) is 3.85. The number of unbranched alkanes of at least 4 members (excludes halogenated alkanes) is 2. The minimum Gasteiger partial charge on any atom is -0.458 e. The van der Waals surface area contributed by atoms with Crippen molar-refractivity contribution in [1.29, 1.82) is 0 Å². The molecule has 1 aliphatic rings. The van der Waals surface area contributed by atoms with Crippen LogP contribution in [0.5, 0.6) is 0 Å². The van der Waals surface area contributed by atoms with E-state index in [-0.39, 0.29) is 12.1 Å². The van der Waals surface area contributed by atoms with Crippen molar-refractivity contribution < 1.29 is 9.53 Å². The Labute approximate surface area is 73.6 Å². The summed E-state index contributed by atoms with van der Waals surface area (Å²) in [5, 5.41) is 0. The summed E-state index contributed by atoms with van der Waals surface area (Å²) in [4.78, 5) is 10.7. The van der Waals surface area contributed by atoms with Crippen LogP contribution in [0.1, 0.15) is 39.0 Å². The molecule has 0 saturated carbocycles. The van der Waals surface area contributed by atoms with Crippen molar-refractivity contribution in [3.63, 3.8) is 0 Å². The first-order valence-electron chi connectivity index (χ1n) is 4.69. The number of hydrogen-bond donors (Lipinski definition) is 0. The van der Waals surface area contributed by atoms with E-state index in [2.05, 4.69) is 13.0 Å². The van der Waals surface area contributed by atoms with Gasteiger partial charge in [-0.15, -0.1) is 0 Å². The molecule has 1 unspecified atom stereocenters. The lowest BCUT2D eigenvalue weighted by Crippen LogP contribution is -2.01. The number of carbonyl (C=O) groups excluding carboxylic acids is 1. The topological polar surface area (TPSA) is 26.3 Å². The van der Waals surface area contributed by atoms with Gasteiger partial charge < -0.3 is 4.74 Å². The predicted octanol–water partition coefficient (Wildman–Crippen LogP) is 2.44. The molecule has 0 radical (unpaired) electrons. The first-order valence-corrected chi connectivity index (χ1v) is 4.69. The van der Waals surface area contributed by atoms with Crippen molar-refractivity contribution in [2.45, 2.75) is 45.1 Å². The van der Waals surface area contributed by atoms with E-state index >= 15 is 0 Å². The Bertz CT molecular complexity index is 173. The highest BCUT2D eigenvalue weighted by atomic mass is 16.5. The van der Waals surface area contributed by atoms with Gasteiger partial charge in [0.15, 0.2) is 0 Å². The van der Waals surface area contributed by atoms with Gasteiger partial charge in [0.1, 0.15) is 6.10 Å². The van der Waals surface area contributed by atoms with E-state index in [0.29, 0.717) is 6.42 Å². The zero-order chi connectivity index (χ0) is 8.81. The van der Waals surface area contributed by atoms with E-state index in [0.717, 1.165) is 12.8 Å². The second kappa shape index (κ2) is 4.96. The summed E-state index contributed by atoms with van der Waals surface area (Å²) in [6.07, 6.45) is 9.18. The molecule has 1 aliphatic heterocycles. The Hall–Kier alpha value is -0.790. The van der Waals surface area contributed by atoms with Gasteiger partial charge in [0, 0.05) is 6.42 Å². The lowest BCUT2D eigenvalue weighted by Gasteiger charge is -2.00. The Morgan fingerprint density at radius 1 is 1.67 bits per heavy atom. The average Bonchev–Trinajstić information content (AvgIpc) is 2.45. The van der Waals surface area contributed by atoms with Crippen molar-refractivity contribution >= 4 is 5.97 Å². The molecule has 1 fully saturated rings. The van der Waals surface area contributed by atoms with Crippen LogP contribution in [0.25, 0.3) is 0 Å². The van der Waals surface area contributed by atoms with Crippen LogP contribution in [-0.2, 0) is 9.53 Å². The molecule has 0 aromatic carbocycles. The number of esters is 1. The van der Waals surface area contributed by atoms with Crippen molar-refractivity contribution in [2.24, 2.45) is 0 Å². The molecular formula is C10H16O2. The van der Waals surface area contributed by atoms with Crippen molar-refractivity contribution in [3.05, 3.63) is 12.2 Å². The maximum atomic E-state index is 10.7.